The van der Waals surface area contributed by atoms with Gasteiger partial charge in [-0.2, -0.15) is 13.2 Å². The van der Waals surface area contributed by atoms with Crippen molar-refractivity contribution >= 4 is 5.96 Å². The number of hydrogen-bond donors (Lipinski definition) is 2. The molecule has 1 aromatic carbocycles. The zero-order valence-electron chi connectivity index (χ0n) is 16.2. The van der Waals surface area contributed by atoms with Gasteiger partial charge in [-0.05, 0) is 43.5 Å². The Balaban J connectivity index is 1.89. The number of aryl methyl sites for hydroxylation is 2. The van der Waals surface area contributed by atoms with E-state index in [2.05, 4.69) is 20.6 Å². The third kappa shape index (κ3) is 7.46. The number of aromatic nitrogens is 1. The molecule has 0 spiro atoms. The van der Waals surface area contributed by atoms with Gasteiger partial charge in [-0.1, -0.05) is 18.2 Å². The smallest absolute Gasteiger partial charge is 0.422 e. The van der Waals surface area contributed by atoms with Gasteiger partial charge < -0.3 is 15.4 Å². The van der Waals surface area contributed by atoms with E-state index in [0.717, 1.165) is 23.2 Å². The van der Waals surface area contributed by atoms with Gasteiger partial charge in [0.15, 0.2) is 12.6 Å². The van der Waals surface area contributed by atoms with Crippen LogP contribution in [0.25, 0.3) is 0 Å². The van der Waals surface area contributed by atoms with E-state index in [1.54, 1.807) is 26.1 Å². The van der Waals surface area contributed by atoms with Crippen LogP contribution in [0, 0.1) is 13.8 Å². The van der Waals surface area contributed by atoms with Gasteiger partial charge in [0.25, 0.3) is 0 Å². The summed E-state index contributed by atoms with van der Waals surface area (Å²) in [6.45, 7) is 3.36. The van der Waals surface area contributed by atoms with Gasteiger partial charge in [-0.25, -0.2) is 0 Å². The molecule has 0 aliphatic heterocycles. The highest BCUT2D eigenvalue weighted by atomic mass is 19.4. The first-order chi connectivity index (χ1) is 13.3. The Morgan fingerprint density at radius 3 is 2.57 bits per heavy atom. The Morgan fingerprint density at radius 1 is 1.14 bits per heavy atom. The zero-order chi connectivity index (χ0) is 20.6. The normalized spacial score (nSPS) is 12.0. The van der Waals surface area contributed by atoms with Crippen LogP contribution < -0.4 is 15.4 Å². The van der Waals surface area contributed by atoms with Gasteiger partial charge in [0, 0.05) is 37.6 Å². The molecule has 2 N–H and O–H groups in total. The standard InChI is InChI=1S/C20H25F3N4O/c1-14-4-7-17(18(10-14)28-13-20(21,22)23)12-27-19(24-3)25-9-8-16-6-5-15(2)26-11-16/h4-7,10-11H,8-9,12-13H2,1-3H3,(H2,24,25,27). The first-order valence-electron chi connectivity index (χ1n) is 8.92. The molecule has 0 radical (unpaired) electrons. The van der Waals surface area contributed by atoms with E-state index in [1.807, 2.05) is 31.3 Å². The molecule has 0 bridgehead atoms. The van der Waals surface area contributed by atoms with E-state index in [-0.39, 0.29) is 5.75 Å². The fraction of sp³-hybridized carbons (Fsp3) is 0.400. The topological polar surface area (TPSA) is 58.5 Å². The molecule has 0 saturated heterocycles. The van der Waals surface area contributed by atoms with Crippen LogP contribution >= 0.6 is 0 Å². The molecule has 5 nitrogen and oxygen atoms in total. The SMILES string of the molecule is CN=C(NCCc1ccc(C)nc1)NCc1ccc(C)cc1OCC(F)(F)F. The molecular formula is C20H25F3N4O. The molecule has 0 unspecified atom stereocenters. The Morgan fingerprint density at radius 2 is 1.93 bits per heavy atom. The molecule has 28 heavy (non-hydrogen) atoms. The van der Waals surface area contributed by atoms with Crippen molar-refractivity contribution in [3.8, 4) is 5.75 Å². The highest BCUT2D eigenvalue weighted by Gasteiger charge is 2.28. The van der Waals surface area contributed by atoms with Crippen LogP contribution in [-0.4, -0.2) is 37.3 Å². The van der Waals surface area contributed by atoms with E-state index < -0.39 is 12.8 Å². The summed E-state index contributed by atoms with van der Waals surface area (Å²) < 4.78 is 42.4. The lowest BCUT2D eigenvalue weighted by molar-refractivity contribution is -0.153. The molecule has 0 aliphatic rings. The van der Waals surface area contributed by atoms with Crippen LogP contribution in [0.2, 0.25) is 0 Å². The van der Waals surface area contributed by atoms with Gasteiger partial charge in [0.1, 0.15) is 5.75 Å². The summed E-state index contributed by atoms with van der Waals surface area (Å²) in [6.07, 6.45) is -1.76. The Labute approximate surface area is 163 Å². The lowest BCUT2D eigenvalue weighted by Gasteiger charge is -2.16. The lowest BCUT2D eigenvalue weighted by Crippen LogP contribution is -2.38. The summed E-state index contributed by atoms with van der Waals surface area (Å²) in [5.41, 5.74) is 3.53. The van der Waals surface area contributed by atoms with Gasteiger partial charge in [0.2, 0.25) is 0 Å². The molecule has 1 heterocycles. The van der Waals surface area contributed by atoms with Crippen LogP contribution in [-0.2, 0) is 13.0 Å². The van der Waals surface area contributed by atoms with Crippen molar-refractivity contribution in [2.45, 2.75) is 33.0 Å². The number of guanidine groups is 1. The predicted octanol–water partition coefficient (Wildman–Crippen LogP) is 3.55. The Kier molecular flexibility index (Phi) is 7.66. The molecule has 0 amide bonds. The number of alkyl halides is 3. The summed E-state index contributed by atoms with van der Waals surface area (Å²) in [5, 5.41) is 6.28. The fourth-order valence-corrected chi connectivity index (χ4v) is 2.47. The summed E-state index contributed by atoms with van der Waals surface area (Å²) in [4.78, 5) is 8.40. The fourth-order valence-electron chi connectivity index (χ4n) is 2.47. The van der Waals surface area contributed by atoms with Crippen molar-refractivity contribution in [2.75, 3.05) is 20.2 Å². The monoisotopic (exact) mass is 394 g/mol. The molecule has 0 fully saturated rings. The maximum Gasteiger partial charge on any atom is 0.422 e. The average Bonchev–Trinajstić information content (AvgIpc) is 2.64. The van der Waals surface area contributed by atoms with Crippen LogP contribution in [0.5, 0.6) is 5.75 Å². The van der Waals surface area contributed by atoms with Crippen molar-refractivity contribution in [2.24, 2.45) is 4.99 Å². The summed E-state index contributed by atoms with van der Waals surface area (Å²) in [6, 6.07) is 9.17. The number of rotatable bonds is 7. The second kappa shape index (κ2) is 9.96. The van der Waals surface area contributed by atoms with E-state index in [9.17, 15) is 13.2 Å². The van der Waals surface area contributed by atoms with Gasteiger partial charge in [-0.15, -0.1) is 0 Å². The van der Waals surface area contributed by atoms with Crippen molar-refractivity contribution in [1.82, 2.24) is 15.6 Å². The second-order valence-corrected chi connectivity index (χ2v) is 6.43. The van der Waals surface area contributed by atoms with E-state index in [4.69, 9.17) is 4.74 Å². The maximum absolute atomic E-state index is 12.5. The van der Waals surface area contributed by atoms with E-state index >= 15 is 0 Å². The van der Waals surface area contributed by atoms with Crippen molar-refractivity contribution in [3.05, 3.63) is 58.9 Å². The number of nitrogens with zero attached hydrogens (tertiary/aromatic N) is 2. The van der Waals surface area contributed by atoms with Crippen LogP contribution in [0.1, 0.15) is 22.4 Å². The minimum atomic E-state index is -4.38. The third-order valence-electron chi connectivity index (χ3n) is 3.96. The highest BCUT2D eigenvalue weighted by Crippen LogP contribution is 2.23. The summed E-state index contributed by atoms with van der Waals surface area (Å²) >= 11 is 0. The zero-order valence-corrected chi connectivity index (χ0v) is 16.2. The van der Waals surface area contributed by atoms with Gasteiger partial charge in [-0.3, -0.25) is 9.98 Å². The molecule has 0 atom stereocenters. The van der Waals surface area contributed by atoms with Crippen molar-refractivity contribution < 1.29 is 17.9 Å². The number of ether oxygens (including phenoxy) is 1. The number of aliphatic imine (C=N–C) groups is 1. The lowest BCUT2D eigenvalue weighted by atomic mass is 10.1. The molecular weight excluding hydrogens is 369 g/mol. The number of nitrogens with one attached hydrogen (secondary N) is 2. The number of pyridine rings is 1. The first-order valence-corrected chi connectivity index (χ1v) is 8.92. The predicted molar refractivity (Wildman–Crippen MR) is 104 cm³/mol. The van der Waals surface area contributed by atoms with E-state index in [1.165, 1.54) is 0 Å². The first kappa shape index (κ1) is 21.5. The minimum absolute atomic E-state index is 0.214. The Bertz CT molecular complexity index is 789. The molecule has 0 aliphatic carbocycles. The highest BCUT2D eigenvalue weighted by molar-refractivity contribution is 5.79. The van der Waals surface area contributed by atoms with E-state index in [0.29, 0.717) is 24.6 Å². The average molecular weight is 394 g/mol. The largest absolute Gasteiger partial charge is 0.484 e. The van der Waals surface area contributed by atoms with Crippen LogP contribution in [0.4, 0.5) is 13.2 Å². The van der Waals surface area contributed by atoms with Crippen molar-refractivity contribution in [1.29, 1.82) is 0 Å². The molecule has 152 valence electrons. The van der Waals surface area contributed by atoms with Gasteiger partial charge in [0.05, 0.1) is 0 Å². The number of benzene rings is 1. The molecule has 2 aromatic rings. The number of hydrogen-bond acceptors (Lipinski definition) is 3. The van der Waals surface area contributed by atoms with Crippen LogP contribution in [0.3, 0.4) is 0 Å². The number of halogens is 3. The maximum atomic E-state index is 12.5. The van der Waals surface area contributed by atoms with Crippen molar-refractivity contribution in [3.63, 3.8) is 0 Å². The molecule has 8 heteroatoms. The quantitative estimate of drug-likeness (QED) is 0.557. The van der Waals surface area contributed by atoms with Crippen LogP contribution in [0.15, 0.2) is 41.5 Å². The second-order valence-electron chi connectivity index (χ2n) is 6.43. The third-order valence-corrected chi connectivity index (χ3v) is 3.96. The Hall–Kier alpha value is -2.77. The summed E-state index contributed by atoms with van der Waals surface area (Å²) in [7, 11) is 1.64. The molecule has 0 saturated carbocycles. The van der Waals surface area contributed by atoms with Gasteiger partial charge >= 0.3 is 6.18 Å². The molecule has 1 aromatic heterocycles. The minimum Gasteiger partial charge on any atom is -0.484 e. The molecule has 2 rings (SSSR count). The summed E-state index contributed by atoms with van der Waals surface area (Å²) in [5.74, 6) is 0.772.